The highest BCUT2D eigenvalue weighted by Crippen LogP contribution is 2.36. The van der Waals surface area contributed by atoms with Crippen molar-refractivity contribution in [2.75, 3.05) is 33.4 Å². The molecular formula is C24H34IN3O. The number of nitrogens with zero attached hydrogens (tertiary/aromatic N) is 1. The molecule has 2 aromatic rings. The number of halogens is 1. The topological polar surface area (TPSA) is 45.7 Å². The molecule has 5 heteroatoms. The lowest BCUT2D eigenvalue weighted by molar-refractivity contribution is 0.0512. The summed E-state index contributed by atoms with van der Waals surface area (Å²) in [6.45, 7) is 5.63. The van der Waals surface area contributed by atoms with Crippen LogP contribution >= 0.6 is 24.0 Å². The summed E-state index contributed by atoms with van der Waals surface area (Å²) in [5, 5.41) is 7.06. The van der Waals surface area contributed by atoms with Crippen molar-refractivity contribution in [3.63, 3.8) is 0 Å². The molecule has 1 fully saturated rings. The van der Waals surface area contributed by atoms with E-state index in [1.165, 1.54) is 16.7 Å². The first-order valence-corrected chi connectivity index (χ1v) is 10.4. The largest absolute Gasteiger partial charge is 0.381 e. The van der Waals surface area contributed by atoms with Crippen LogP contribution in [0, 0.1) is 6.92 Å². The molecule has 158 valence electrons. The molecule has 1 saturated heterocycles. The van der Waals surface area contributed by atoms with Crippen LogP contribution in [0.5, 0.6) is 0 Å². The van der Waals surface area contributed by atoms with Crippen LogP contribution in [0.3, 0.4) is 0 Å². The molecule has 0 aliphatic carbocycles. The number of benzene rings is 2. The monoisotopic (exact) mass is 507 g/mol. The average molecular weight is 507 g/mol. The van der Waals surface area contributed by atoms with Crippen LogP contribution in [0.25, 0.3) is 0 Å². The number of hydrogen-bond acceptors (Lipinski definition) is 2. The Balaban J connectivity index is 0.00000300. The second kappa shape index (κ2) is 12.2. The van der Waals surface area contributed by atoms with Crippen LogP contribution < -0.4 is 10.6 Å². The van der Waals surface area contributed by atoms with Crippen LogP contribution in [0.4, 0.5) is 0 Å². The Morgan fingerprint density at radius 3 is 2.38 bits per heavy atom. The Hall–Kier alpha value is -1.60. The Morgan fingerprint density at radius 2 is 1.69 bits per heavy atom. The maximum Gasteiger partial charge on any atom is 0.191 e. The maximum atomic E-state index is 5.67. The summed E-state index contributed by atoms with van der Waals surface area (Å²) in [6, 6.07) is 19.4. The zero-order valence-corrected chi connectivity index (χ0v) is 19.9. The van der Waals surface area contributed by atoms with Gasteiger partial charge in [0.25, 0.3) is 0 Å². The number of hydrogen-bond donors (Lipinski definition) is 2. The van der Waals surface area contributed by atoms with Crippen molar-refractivity contribution in [1.29, 1.82) is 0 Å². The summed E-state index contributed by atoms with van der Waals surface area (Å²) in [7, 11) is 1.84. The Morgan fingerprint density at radius 1 is 1.00 bits per heavy atom. The molecule has 0 atom stereocenters. The van der Waals surface area contributed by atoms with Crippen LogP contribution in [0.15, 0.2) is 59.6 Å². The van der Waals surface area contributed by atoms with Crippen molar-refractivity contribution < 1.29 is 4.74 Å². The van der Waals surface area contributed by atoms with Crippen molar-refractivity contribution in [1.82, 2.24) is 10.6 Å². The van der Waals surface area contributed by atoms with E-state index >= 15 is 0 Å². The molecule has 0 radical (unpaired) electrons. The van der Waals surface area contributed by atoms with Crippen molar-refractivity contribution in [3.8, 4) is 0 Å². The molecule has 3 rings (SSSR count). The molecule has 1 heterocycles. The van der Waals surface area contributed by atoms with E-state index in [1.807, 2.05) is 7.05 Å². The lowest BCUT2D eigenvalue weighted by atomic mass is 9.72. The van der Waals surface area contributed by atoms with Gasteiger partial charge in [-0.2, -0.15) is 0 Å². The minimum absolute atomic E-state index is 0. The van der Waals surface area contributed by atoms with Crippen molar-refractivity contribution in [2.45, 2.75) is 38.0 Å². The van der Waals surface area contributed by atoms with Crippen molar-refractivity contribution in [2.24, 2.45) is 4.99 Å². The van der Waals surface area contributed by atoms with Crippen molar-refractivity contribution >= 4 is 29.9 Å². The average Bonchev–Trinajstić information content (AvgIpc) is 2.75. The first-order valence-electron chi connectivity index (χ1n) is 10.4. The summed E-state index contributed by atoms with van der Waals surface area (Å²) < 4.78 is 5.67. The van der Waals surface area contributed by atoms with E-state index in [2.05, 4.69) is 77.1 Å². The van der Waals surface area contributed by atoms with E-state index in [1.54, 1.807) is 0 Å². The van der Waals surface area contributed by atoms with Gasteiger partial charge >= 0.3 is 0 Å². The number of ether oxygens (including phenoxy) is 1. The predicted molar refractivity (Wildman–Crippen MR) is 132 cm³/mol. The second-order valence-electron chi connectivity index (χ2n) is 7.65. The summed E-state index contributed by atoms with van der Waals surface area (Å²) >= 11 is 0. The molecule has 0 bridgehead atoms. The number of aliphatic imine (C=N–C) groups is 1. The molecule has 0 saturated carbocycles. The fourth-order valence-electron chi connectivity index (χ4n) is 4.09. The lowest BCUT2D eigenvalue weighted by Crippen LogP contribution is -2.48. The third-order valence-electron chi connectivity index (χ3n) is 5.76. The molecule has 1 aliphatic heterocycles. The maximum absolute atomic E-state index is 5.67. The standard InChI is InChI=1S/C24H33N3O.HI/c1-20-9-6-7-13-22(20)24(14-17-28-18-15-24)19-27-23(25-2)26-16-8-12-21-10-4-3-5-11-21;/h3-7,9-11,13H,8,12,14-19H2,1-2H3,(H2,25,26,27);1H. The molecular weight excluding hydrogens is 473 g/mol. The smallest absolute Gasteiger partial charge is 0.191 e. The highest BCUT2D eigenvalue weighted by molar-refractivity contribution is 14.0. The summed E-state index contributed by atoms with van der Waals surface area (Å²) in [5.74, 6) is 0.882. The second-order valence-corrected chi connectivity index (χ2v) is 7.65. The van der Waals surface area contributed by atoms with E-state index in [0.29, 0.717) is 0 Å². The first-order chi connectivity index (χ1) is 13.7. The molecule has 2 N–H and O–H groups in total. The van der Waals surface area contributed by atoms with Gasteiger partial charge in [0, 0.05) is 38.8 Å². The van der Waals surface area contributed by atoms with Gasteiger partial charge < -0.3 is 15.4 Å². The zero-order chi connectivity index (χ0) is 19.7. The fraction of sp³-hybridized carbons (Fsp3) is 0.458. The Kier molecular flexibility index (Phi) is 9.94. The molecule has 0 aromatic heterocycles. The molecule has 0 unspecified atom stereocenters. The van der Waals surface area contributed by atoms with Gasteiger partial charge in [-0.05, 0) is 49.3 Å². The molecule has 1 aliphatic rings. The van der Waals surface area contributed by atoms with Crippen LogP contribution in [0.1, 0.15) is 36.0 Å². The Labute approximate surface area is 192 Å². The van der Waals surface area contributed by atoms with Crippen LogP contribution in [-0.2, 0) is 16.6 Å². The normalized spacial score (nSPS) is 16.0. The number of guanidine groups is 1. The third kappa shape index (κ3) is 6.71. The van der Waals surface area contributed by atoms with Gasteiger partial charge in [-0.15, -0.1) is 24.0 Å². The van der Waals surface area contributed by atoms with Gasteiger partial charge in [0.15, 0.2) is 5.96 Å². The van der Waals surface area contributed by atoms with Gasteiger partial charge in [0.1, 0.15) is 0 Å². The summed E-state index contributed by atoms with van der Waals surface area (Å²) in [4.78, 5) is 4.43. The molecule has 2 aromatic carbocycles. The SMILES string of the molecule is CN=C(NCCCc1ccccc1)NCC1(c2ccccc2C)CCOCC1.I. The first kappa shape index (κ1) is 23.7. The van der Waals surface area contributed by atoms with Crippen molar-refractivity contribution in [3.05, 3.63) is 71.3 Å². The molecule has 29 heavy (non-hydrogen) atoms. The fourth-order valence-corrected chi connectivity index (χ4v) is 4.09. The lowest BCUT2D eigenvalue weighted by Gasteiger charge is -2.39. The summed E-state index contributed by atoms with van der Waals surface area (Å²) in [5.41, 5.74) is 4.28. The quantitative estimate of drug-likeness (QED) is 0.252. The van der Waals surface area contributed by atoms with E-state index in [0.717, 1.165) is 57.9 Å². The van der Waals surface area contributed by atoms with Crippen LogP contribution in [0.2, 0.25) is 0 Å². The highest BCUT2D eigenvalue weighted by atomic mass is 127. The van der Waals surface area contributed by atoms with E-state index in [4.69, 9.17) is 4.74 Å². The molecule has 4 nitrogen and oxygen atoms in total. The highest BCUT2D eigenvalue weighted by Gasteiger charge is 2.35. The number of aryl methyl sites for hydroxylation is 2. The number of nitrogens with one attached hydrogen (secondary N) is 2. The number of rotatable bonds is 7. The van der Waals surface area contributed by atoms with Gasteiger partial charge in [0.2, 0.25) is 0 Å². The van der Waals surface area contributed by atoms with Crippen LogP contribution in [-0.4, -0.2) is 39.3 Å². The Bertz CT molecular complexity index is 758. The van der Waals surface area contributed by atoms with Gasteiger partial charge in [-0.3, -0.25) is 4.99 Å². The molecule has 0 spiro atoms. The minimum atomic E-state index is 0. The molecule has 0 amide bonds. The minimum Gasteiger partial charge on any atom is -0.381 e. The van der Waals surface area contributed by atoms with E-state index in [-0.39, 0.29) is 29.4 Å². The third-order valence-corrected chi connectivity index (χ3v) is 5.76. The predicted octanol–water partition coefficient (Wildman–Crippen LogP) is 4.46. The van der Waals surface area contributed by atoms with E-state index in [9.17, 15) is 0 Å². The van der Waals surface area contributed by atoms with E-state index < -0.39 is 0 Å². The summed E-state index contributed by atoms with van der Waals surface area (Å²) in [6.07, 6.45) is 4.24. The van der Waals surface area contributed by atoms with Gasteiger partial charge in [0.05, 0.1) is 0 Å². The zero-order valence-electron chi connectivity index (χ0n) is 17.6. The van der Waals surface area contributed by atoms with Gasteiger partial charge in [-0.25, -0.2) is 0 Å². The van der Waals surface area contributed by atoms with Gasteiger partial charge in [-0.1, -0.05) is 54.6 Å².